The Morgan fingerprint density at radius 1 is 0.895 bits per heavy atom. The van der Waals surface area contributed by atoms with E-state index in [0.29, 0.717) is 36.5 Å². The Morgan fingerprint density at radius 2 is 1.70 bits per heavy atom. The molecular weight excluding hydrogens is 729 g/mol. The number of para-hydroxylation sites is 1. The van der Waals surface area contributed by atoms with Gasteiger partial charge in [0.1, 0.15) is 11.9 Å². The van der Waals surface area contributed by atoms with Gasteiger partial charge in [0.25, 0.3) is 5.91 Å². The molecule has 0 saturated carbocycles. The number of urea groups is 2. The van der Waals surface area contributed by atoms with Crippen LogP contribution in [-0.2, 0) is 20.9 Å². The predicted molar refractivity (Wildman–Crippen MR) is 219 cm³/mol. The lowest BCUT2D eigenvalue weighted by Gasteiger charge is -2.26. The molecule has 8 N–H and O–H groups in total. The monoisotopic (exact) mass is 782 g/mol. The first-order chi connectivity index (χ1) is 27.7. The number of fused-ring (bicyclic) bond motifs is 1. The SMILES string of the molecule is Cc1cccc(NC(=O)NC2N=Cc3ccccc3N(CCNC(=O)NC(CCC(=O)NCCCOc3cccc(CN4CCCCC4)c3)NC(=O)CN)C2=O)c1. The summed E-state index contributed by atoms with van der Waals surface area (Å²) in [4.78, 5) is 72.5. The number of piperidine rings is 1. The average Bonchev–Trinajstić information content (AvgIpc) is 3.32. The second-order valence-corrected chi connectivity index (χ2v) is 14.0. The molecule has 1 fully saturated rings. The molecule has 2 aliphatic rings. The second-order valence-electron chi connectivity index (χ2n) is 14.0. The summed E-state index contributed by atoms with van der Waals surface area (Å²) in [6, 6.07) is 21.2. The third-order valence-electron chi connectivity index (χ3n) is 9.41. The Labute approximate surface area is 333 Å². The van der Waals surface area contributed by atoms with Crippen LogP contribution in [0.15, 0.2) is 77.8 Å². The normalized spacial score (nSPS) is 15.7. The summed E-state index contributed by atoms with van der Waals surface area (Å²) in [5.74, 6) is -0.449. The summed E-state index contributed by atoms with van der Waals surface area (Å²) in [5.41, 5.74) is 9.45. The van der Waals surface area contributed by atoms with Crippen LogP contribution in [0.4, 0.5) is 21.0 Å². The van der Waals surface area contributed by atoms with Crippen molar-refractivity contribution in [3.05, 3.63) is 89.5 Å². The number of ether oxygens (including phenoxy) is 1. The quantitative estimate of drug-likeness (QED) is 0.0752. The number of anilines is 2. The summed E-state index contributed by atoms with van der Waals surface area (Å²) in [6.45, 7) is 5.66. The minimum Gasteiger partial charge on any atom is -0.494 e. The topological polar surface area (TPSA) is 212 Å². The van der Waals surface area contributed by atoms with E-state index >= 15 is 0 Å². The van der Waals surface area contributed by atoms with Crippen LogP contribution in [0.2, 0.25) is 0 Å². The fraction of sp³-hybridized carbons (Fsp3) is 0.415. The summed E-state index contributed by atoms with van der Waals surface area (Å²) in [6.07, 6.45) is 3.94. The van der Waals surface area contributed by atoms with Crippen LogP contribution in [0.25, 0.3) is 0 Å². The molecule has 16 heteroatoms. The van der Waals surface area contributed by atoms with Crippen molar-refractivity contribution in [2.24, 2.45) is 10.7 Å². The summed E-state index contributed by atoms with van der Waals surface area (Å²) in [7, 11) is 0. The van der Waals surface area contributed by atoms with E-state index in [4.69, 9.17) is 10.5 Å². The number of benzene rings is 3. The van der Waals surface area contributed by atoms with Crippen LogP contribution < -0.4 is 47.3 Å². The minimum absolute atomic E-state index is 0.0109. The van der Waals surface area contributed by atoms with Crippen LogP contribution in [0.5, 0.6) is 5.75 Å². The molecule has 3 aromatic carbocycles. The van der Waals surface area contributed by atoms with E-state index in [-0.39, 0.29) is 38.4 Å². The third-order valence-corrected chi connectivity index (χ3v) is 9.41. The molecular formula is C41H54N10O6. The van der Waals surface area contributed by atoms with E-state index in [1.54, 1.807) is 36.4 Å². The Balaban J connectivity index is 1.05. The molecule has 0 aliphatic carbocycles. The molecule has 0 aromatic heterocycles. The second kappa shape index (κ2) is 21.9. The van der Waals surface area contributed by atoms with E-state index in [1.807, 2.05) is 31.2 Å². The molecule has 304 valence electrons. The maximum atomic E-state index is 13.7. The van der Waals surface area contributed by atoms with Crippen molar-refractivity contribution in [2.45, 2.75) is 64.3 Å². The van der Waals surface area contributed by atoms with E-state index in [0.717, 1.165) is 30.9 Å². The predicted octanol–water partition coefficient (Wildman–Crippen LogP) is 2.96. The van der Waals surface area contributed by atoms with Gasteiger partial charge in [-0.3, -0.25) is 24.3 Å². The first kappa shape index (κ1) is 42.1. The number of rotatable bonds is 18. The van der Waals surface area contributed by atoms with Gasteiger partial charge in [-0.15, -0.1) is 0 Å². The van der Waals surface area contributed by atoms with Crippen LogP contribution in [-0.4, -0.2) is 99.1 Å². The van der Waals surface area contributed by atoms with Crippen molar-refractivity contribution in [2.75, 3.05) is 56.1 Å². The largest absolute Gasteiger partial charge is 0.494 e. The van der Waals surface area contributed by atoms with E-state index < -0.39 is 36.2 Å². The first-order valence-corrected chi connectivity index (χ1v) is 19.5. The molecule has 57 heavy (non-hydrogen) atoms. The number of aryl methyl sites for hydroxylation is 1. The molecule has 2 atom stereocenters. The number of carbonyl (C=O) groups is 5. The van der Waals surface area contributed by atoms with Gasteiger partial charge in [-0.1, -0.05) is 48.9 Å². The number of amides is 7. The highest BCUT2D eigenvalue weighted by molar-refractivity contribution is 6.06. The maximum absolute atomic E-state index is 13.7. The van der Waals surface area contributed by atoms with Crippen molar-refractivity contribution < 1.29 is 28.7 Å². The molecule has 0 radical (unpaired) electrons. The highest BCUT2D eigenvalue weighted by atomic mass is 16.5. The number of aliphatic imine (C=N–C) groups is 1. The van der Waals surface area contributed by atoms with Gasteiger partial charge < -0.3 is 47.3 Å². The van der Waals surface area contributed by atoms with Gasteiger partial charge in [-0.25, -0.2) is 9.59 Å². The zero-order valence-electron chi connectivity index (χ0n) is 32.4. The van der Waals surface area contributed by atoms with Gasteiger partial charge in [0.05, 0.1) is 18.8 Å². The smallest absolute Gasteiger partial charge is 0.321 e. The first-order valence-electron chi connectivity index (χ1n) is 19.5. The molecule has 7 amide bonds. The lowest BCUT2D eigenvalue weighted by atomic mass is 10.1. The van der Waals surface area contributed by atoms with Gasteiger partial charge in [0.15, 0.2) is 0 Å². The van der Waals surface area contributed by atoms with E-state index in [9.17, 15) is 24.0 Å². The number of carbonyl (C=O) groups excluding carboxylic acids is 5. The van der Waals surface area contributed by atoms with Gasteiger partial charge >= 0.3 is 12.1 Å². The highest BCUT2D eigenvalue weighted by Gasteiger charge is 2.30. The Kier molecular flexibility index (Phi) is 16.2. The lowest BCUT2D eigenvalue weighted by Crippen LogP contribution is -2.54. The molecule has 1 saturated heterocycles. The molecule has 2 aliphatic heterocycles. The van der Waals surface area contributed by atoms with Crippen molar-refractivity contribution in [1.82, 2.24) is 31.5 Å². The molecule has 5 rings (SSSR count). The molecule has 2 heterocycles. The zero-order valence-corrected chi connectivity index (χ0v) is 32.4. The molecule has 16 nitrogen and oxygen atoms in total. The molecule has 2 unspecified atom stereocenters. The summed E-state index contributed by atoms with van der Waals surface area (Å²) >= 11 is 0. The molecule has 0 spiro atoms. The van der Waals surface area contributed by atoms with Crippen LogP contribution >= 0.6 is 0 Å². The maximum Gasteiger partial charge on any atom is 0.321 e. The van der Waals surface area contributed by atoms with Gasteiger partial charge in [-0.2, -0.15) is 0 Å². The molecule has 3 aromatic rings. The van der Waals surface area contributed by atoms with E-state index in [1.165, 1.54) is 35.9 Å². The zero-order chi connectivity index (χ0) is 40.4. The fourth-order valence-corrected chi connectivity index (χ4v) is 6.56. The Hall–Kier alpha value is -6.00. The van der Waals surface area contributed by atoms with Crippen molar-refractivity contribution in [3.8, 4) is 5.75 Å². The number of hydrogen-bond donors (Lipinski definition) is 7. The minimum atomic E-state index is -1.23. The number of nitrogens with two attached hydrogens (primary N) is 1. The Morgan fingerprint density at radius 3 is 2.51 bits per heavy atom. The van der Waals surface area contributed by atoms with Crippen LogP contribution in [0.1, 0.15) is 55.2 Å². The average molecular weight is 783 g/mol. The van der Waals surface area contributed by atoms with Gasteiger partial charge in [0, 0.05) is 50.1 Å². The van der Waals surface area contributed by atoms with Crippen molar-refractivity contribution in [1.29, 1.82) is 0 Å². The van der Waals surface area contributed by atoms with E-state index in [2.05, 4.69) is 53.9 Å². The number of benzodiazepines with no additional fused rings is 1. The third kappa shape index (κ3) is 13.9. The summed E-state index contributed by atoms with van der Waals surface area (Å²) < 4.78 is 5.93. The van der Waals surface area contributed by atoms with Crippen molar-refractivity contribution >= 4 is 47.4 Å². The number of likely N-dealkylation sites (tertiary alicyclic amines) is 1. The standard InChI is InChI=1S/C41H54N10O6/c1-29-10-7-13-32(24-29)46-41(56)49-38-39(54)51(34-15-4-3-12-31(34)27-45-38)22-19-44-40(55)48-35(47-37(53)26-42)16-17-36(52)43-18-9-23-57-33-14-8-11-30(25-33)28-50-20-5-2-6-21-50/h3-4,7-8,10-15,24-25,27,35,38H,2,5-6,9,16-23,26,28,42H2,1H3,(H,43,52)(H,47,53)(H2,44,48,55)(H2,46,49,56). The number of nitrogens with zero attached hydrogens (tertiary/aromatic N) is 3. The lowest BCUT2D eigenvalue weighted by molar-refractivity contribution is -0.123. The summed E-state index contributed by atoms with van der Waals surface area (Å²) in [5, 5.41) is 16.2. The number of hydrogen-bond acceptors (Lipinski definition) is 9. The molecule has 0 bridgehead atoms. The van der Waals surface area contributed by atoms with Crippen molar-refractivity contribution in [3.63, 3.8) is 0 Å². The van der Waals surface area contributed by atoms with Gasteiger partial charge in [-0.05, 0) is 87.2 Å². The Bertz CT molecular complexity index is 1870. The van der Waals surface area contributed by atoms with Gasteiger partial charge in [0.2, 0.25) is 18.0 Å². The fourth-order valence-electron chi connectivity index (χ4n) is 6.56. The van der Waals surface area contributed by atoms with Crippen LogP contribution in [0.3, 0.4) is 0 Å². The highest BCUT2D eigenvalue weighted by Crippen LogP contribution is 2.23. The number of nitrogens with one attached hydrogen (secondary N) is 6. The van der Waals surface area contributed by atoms with Crippen LogP contribution in [0, 0.1) is 6.92 Å².